The molecule has 1 N–H and O–H groups in total. The highest BCUT2D eigenvalue weighted by molar-refractivity contribution is 5.77. The van der Waals surface area contributed by atoms with Crippen molar-refractivity contribution in [3.05, 3.63) is 65.7 Å². The molecular formula is C23H32N2O3. The summed E-state index contributed by atoms with van der Waals surface area (Å²) in [5.74, 6) is 0.723. The van der Waals surface area contributed by atoms with Crippen molar-refractivity contribution in [1.29, 1.82) is 0 Å². The minimum atomic E-state index is -0.0845. The first-order valence-corrected chi connectivity index (χ1v) is 9.91. The van der Waals surface area contributed by atoms with Crippen LogP contribution in [0.25, 0.3) is 0 Å². The predicted molar refractivity (Wildman–Crippen MR) is 113 cm³/mol. The maximum atomic E-state index is 12.2. The topological polar surface area (TPSA) is 50.8 Å². The average Bonchev–Trinajstić information content (AvgIpc) is 2.74. The van der Waals surface area contributed by atoms with Gasteiger partial charge in [-0.3, -0.25) is 9.69 Å². The normalized spacial score (nSPS) is 12.0. The van der Waals surface area contributed by atoms with Gasteiger partial charge in [0.1, 0.15) is 12.4 Å². The van der Waals surface area contributed by atoms with Crippen LogP contribution < -0.4 is 10.1 Å². The summed E-state index contributed by atoms with van der Waals surface area (Å²) in [6.45, 7) is 7.29. The first kappa shape index (κ1) is 21.9. The molecule has 5 heteroatoms. The Balaban J connectivity index is 1.79. The third-order valence-corrected chi connectivity index (χ3v) is 4.84. The van der Waals surface area contributed by atoms with Crippen molar-refractivity contribution in [3.8, 4) is 5.75 Å². The van der Waals surface area contributed by atoms with Crippen molar-refractivity contribution >= 4 is 5.91 Å². The van der Waals surface area contributed by atoms with Crippen LogP contribution in [0.4, 0.5) is 0 Å². The van der Waals surface area contributed by atoms with Crippen molar-refractivity contribution in [1.82, 2.24) is 10.2 Å². The third-order valence-electron chi connectivity index (χ3n) is 4.84. The Morgan fingerprint density at radius 3 is 2.29 bits per heavy atom. The van der Waals surface area contributed by atoms with Gasteiger partial charge in [0.05, 0.1) is 13.7 Å². The molecule has 2 aromatic carbocycles. The number of nitrogens with zero attached hydrogens (tertiary/aromatic N) is 1. The van der Waals surface area contributed by atoms with Gasteiger partial charge in [-0.25, -0.2) is 0 Å². The number of ether oxygens (including phenoxy) is 2. The summed E-state index contributed by atoms with van der Waals surface area (Å²) in [5.41, 5.74) is 2.29. The van der Waals surface area contributed by atoms with Gasteiger partial charge in [-0.1, -0.05) is 56.3 Å². The number of likely N-dealkylation sites (N-methyl/N-ethyl adjacent to an activating group) is 1. The lowest BCUT2D eigenvalue weighted by Gasteiger charge is -2.30. The van der Waals surface area contributed by atoms with E-state index in [0.717, 1.165) is 30.8 Å². The van der Waals surface area contributed by atoms with E-state index in [1.807, 2.05) is 30.3 Å². The number of amides is 1. The van der Waals surface area contributed by atoms with E-state index >= 15 is 0 Å². The third kappa shape index (κ3) is 7.33. The Hall–Kier alpha value is -2.37. The molecule has 0 saturated heterocycles. The van der Waals surface area contributed by atoms with Gasteiger partial charge < -0.3 is 14.8 Å². The average molecular weight is 385 g/mol. The van der Waals surface area contributed by atoms with Crippen molar-refractivity contribution in [2.24, 2.45) is 0 Å². The summed E-state index contributed by atoms with van der Waals surface area (Å²) >= 11 is 0. The zero-order valence-electron chi connectivity index (χ0n) is 17.2. The van der Waals surface area contributed by atoms with Crippen LogP contribution in [-0.4, -0.2) is 50.2 Å². The van der Waals surface area contributed by atoms with Crippen LogP contribution in [0.15, 0.2) is 54.6 Å². The van der Waals surface area contributed by atoms with Gasteiger partial charge in [0, 0.05) is 12.6 Å². The number of rotatable bonds is 12. The predicted octanol–water partition coefficient (Wildman–Crippen LogP) is 3.28. The molecular weight excluding hydrogens is 352 g/mol. The molecule has 152 valence electrons. The first-order chi connectivity index (χ1) is 13.7. The molecule has 0 aliphatic carbocycles. The Morgan fingerprint density at radius 2 is 1.68 bits per heavy atom. The highest BCUT2D eigenvalue weighted by Gasteiger charge is 2.17. The molecule has 1 atom stereocenters. The molecule has 0 saturated carbocycles. The molecule has 28 heavy (non-hydrogen) atoms. The Labute approximate surface area is 168 Å². The van der Waals surface area contributed by atoms with E-state index in [0.29, 0.717) is 13.2 Å². The Bertz CT molecular complexity index is 685. The van der Waals surface area contributed by atoms with Crippen LogP contribution in [0, 0.1) is 0 Å². The summed E-state index contributed by atoms with van der Waals surface area (Å²) in [7, 11) is 1.64. The highest BCUT2D eigenvalue weighted by Crippen LogP contribution is 2.12. The second kappa shape index (κ2) is 12.2. The number of carbonyl (C=O) groups excluding carboxylic acids is 1. The molecule has 2 aromatic rings. The Morgan fingerprint density at radius 1 is 1.00 bits per heavy atom. The summed E-state index contributed by atoms with van der Waals surface area (Å²) in [6.07, 6.45) is 0.912. The molecule has 2 rings (SSSR count). The van der Waals surface area contributed by atoms with Gasteiger partial charge in [0.25, 0.3) is 0 Å². The lowest BCUT2D eigenvalue weighted by Crippen LogP contribution is -2.45. The molecule has 0 aromatic heterocycles. The quantitative estimate of drug-likeness (QED) is 0.610. The van der Waals surface area contributed by atoms with Crippen molar-refractivity contribution < 1.29 is 14.3 Å². The molecule has 0 aliphatic heterocycles. The second-order valence-corrected chi connectivity index (χ2v) is 6.71. The van der Waals surface area contributed by atoms with Gasteiger partial charge >= 0.3 is 0 Å². The molecule has 0 aliphatic rings. The van der Waals surface area contributed by atoms with Crippen LogP contribution in [-0.2, 0) is 22.6 Å². The number of methoxy groups -OCH3 is 1. The van der Waals surface area contributed by atoms with Crippen molar-refractivity contribution in [2.75, 3.05) is 33.4 Å². The molecule has 0 unspecified atom stereocenters. The van der Waals surface area contributed by atoms with Gasteiger partial charge in [-0.2, -0.15) is 0 Å². The van der Waals surface area contributed by atoms with E-state index in [4.69, 9.17) is 9.47 Å². The molecule has 5 nitrogen and oxygen atoms in total. The minimum Gasteiger partial charge on any atom is -0.497 e. The van der Waals surface area contributed by atoms with E-state index in [9.17, 15) is 4.79 Å². The monoisotopic (exact) mass is 384 g/mol. The number of carbonyl (C=O) groups is 1. The van der Waals surface area contributed by atoms with Gasteiger partial charge in [0.15, 0.2) is 0 Å². The zero-order valence-corrected chi connectivity index (χ0v) is 17.2. The second-order valence-electron chi connectivity index (χ2n) is 6.71. The Kier molecular flexibility index (Phi) is 9.52. The number of benzene rings is 2. The van der Waals surface area contributed by atoms with Crippen molar-refractivity contribution in [3.63, 3.8) is 0 Å². The molecule has 0 bridgehead atoms. The van der Waals surface area contributed by atoms with Crippen LogP contribution in [0.2, 0.25) is 0 Å². The lowest BCUT2D eigenvalue weighted by molar-refractivity contribution is -0.126. The SMILES string of the molecule is CCN(CC)[C@@H](CNC(=O)COCc1ccc(OC)cc1)Cc1ccccc1. The molecule has 1 amide bonds. The largest absolute Gasteiger partial charge is 0.497 e. The number of hydrogen-bond acceptors (Lipinski definition) is 4. The van der Waals surface area contributed by atoms with Gasteiger partial charge in [-0.05, 0) is 42.8 Å². The summed E-state index contributed by atoms with van der Waals surface area (Å²) in [5, 5.41) is 3.03. The van der Waals surface area contributed by atoms with Crippen molar-refractivity contribution in [2.45, 2.75) is 32.9 Å². The smallest absolute Gasteiger partial charge is 0.246 e. The first-order valence-electron chi connectivity index (χ1n) is 9.91. The summed E-state index contributed by atoms with van der Waals surface area (Å²) < 4.78 is 10.7. The standard InChI is InChI=1S/C23H32N2O3/c1-4-25(5-2)21(15-19-9-7-6-8-10-19)16-24-23(26)18-28-17-20-11-13-22(27-3)14-12-20/h6-14,21H,4-5,15-18H2,1-3H3,(H,24,26)/t21-/m1/s1. The van der Waals surface area contributed by atoms with E-state index in [2.05, 4.69) is 48.3 Å². The minimum absolute atomic E-state index is 0.0579. The van der Waals surface area contributed by atoms with Crippen LogP contribution in [0.5, 0.6) is 5.75 Å². The van der Waals surface area contributed by atoms with Crippen LogP contribution in [0.3, 0.4) is 0 Å². The summed E-state index contributed by atoms with van der Waals surface area (Å²) in [4.78, 5) is 14.6. The zero-order chi connectivity index (χ0) is 20.2. The number of nitrogens with one attached hydrogen (secondary N) is 1. The highest BCUT2D eigenvalue weighted by atomic mass is 16.5. The van der Waals surface area contributed by atoms with E-state index in [1.54, 1.807) is 7.11 Å². The maximum Gasteiger partial charge on any atom is 0.246 e. The van der Waals surface area contributed by atoms with Gasteiger partial charge in [-0.15, -0.1) is 0 Å². The molecule has 0 heterocycles. The number of hydrogen-bond donors (Lipinski definition) is 1. The van der Waals surface area contributed by atoms with E-state index < -0.39 is 0 Å². The fourth-order valence-corrected chi connectivity index (χ4v) is 3.22. The van der Waals surface area contributed by atoms with Crippen LogP contribution >= 0.6 is 0 Å². The van der Waals surface area contributed by atoms with Crippen LogP contribution in [0.1, 0.15) is 25.0 Å². The van der Waals surface area contributed by atoms with E-state index in [1.165, 1.54) is 5.56 Å². The molecule has 0 radical (unpaired) electrons. The summed E-state index contributed by atoms with van der Waals surface area (Å²) in [6, 6.07) is 18.3. The molecule has 0 spiro atoms. The van der Waals surface area contributed by atoms with Gasteiger partial charge in [0.2, 0.25) is 5.91 Å². The fraction of sp³-hybridized carbons (Fsp3) is 0.435. The van der Waals surface area contributed by atoms with E-state index in [-0.39, 0.29) is 18.6 Å². The molecule has 0 fully saturated rings. The maximum absolute atomic E-state index is 12.2. The lowest BCUT2D eigenvalue weighted by atomic mass is 10.0. The fourth-order valence-electron chi connectivity index (χ4n) is 3.22.